The highest BCUT2D eigenvalue weighted by Crippen LogP contribution is 2.30. The second-order valence-corrected chi connectivity index (χ2v) is 2.34. The van der Waals surface area contributed by atoms with Crippen LogP contribution in [0.15, 0.2) is 28.4 Å². The fraction of sp³-hybridized carbons (Fsp3) is 0.222. The molecule has 0 aliphatic rings. The van der Waals surface area contributed by atoms with Crippen molar-refractivity contribution in [3.63, 3.8) is 0 Å². The summed E-state index contributed by atoms with van der Waals surface area (Å²) in [4.78, 5) is 0. The molecule has 0 aliphatic heterocycles. The van der Waals surface area contributed by atoms with Crippen molar-refractivity contribution in [2.75, 3.05) is 14.2 Å². The van der Waals surface area contributed by atoms with Crippen molar-refractivity contribution in [1.29, 1.82) is 5.26 Å². The van der Waals surface area contributed by atoms with Gasteiger partial charge in [0.25, 0.3) is 0 Å². The minimum atomic E-state index is 0.546. The number of hydrogen-bond donors (Lipinski definition) is 0. The third kappa shape index (κ3) is 2.20. The quantitative estimate of drug-likeness (QED) is 0.543. The van der Waals surface area contributed by atoms with Gasteiger partial charge < -0.3 is 9.47 Å². The van der Waals surface area contributed by atoms with Gasteiger partial charge in [0, 0.05) is 6.07 Å². The lowest BCUT2D eigenvalue weighted by Gasteiger charge is -2.06. The van der Waals surface area contributed by atoms with Gasteiger partial charge in [0.15, 0.2) is 11.5 Å². The van der Waals surface area contributed by atoms with E-state index in [0.29, 0.717) is 17.2 Å². The van der Waals surface area contributed by atoms with Crippen molar-refractivity contribution in [2.45, 2.75) is 0 Å². The van der Waals surface area contributed by atoms with Crippen LogP contribution >= 0.6 is 0 Å². The van der Waals surface area contributed by atoms with Crippen LogP contribution in [0.3, 0.4) is 0 Å². The number of nitriles is 1. The predicted molar refractivity (Wildman–Crippen MR) is 49.7 cm³/mol. The molecular weight excluding hydrogens is 182 g/mol. The van der Waals surface area contributed by atoms with Crippen LogP contribution < -0.4 is 9.47 Å². The van der Waals surface area contributed by atoms with Crippen LogP contribution in [0.4, 0.5) is 5.69 Å². The molecule has 0 fully saturated rings. The highest BCUT2D eigenvalue weighted by Gasteiger charge is 2.03. The lowest BCUT2D eigenvalue weighted by Crippen LogP contribution is -1.88. The Morgan fingerprint density at radius 3 is 2.50 bits per heavy atom. The first-order valence-electron chi connectivity index (χ1n) is 3.83. The van der Waals surface area contributed by atoms with Gasteiger partial charge in [0.1, 0.15) is 0 Å². The minimum Gasteiger partial charge on any atom is -0.493 e. The first-order valence-corrected chi connectivity index (χ1v) is 3.83. The molecule has 0 amide bonds. The maximum atomic E-state index is 8.19. The van der Waals surface area contributed by atoms with Crippen LogP contribution in [-0.2, 0) is 0 Å². The molecule has 0 heterocycles. The summed E-state index contributed by atoms with van der Waals surface area (Å²) in [5.74, 6) is 1.17. The van der Waals surface area contributed by atoms with Crippen molar-refractivity contribution >= 4 is 5.69 Å². The van der Waals surface area contributed by atoms with Gasteiger partial charge in [0.05, 0.1) is 19.9 Å². The van der Waals surface area contributed by atoms with Crippen LogP contribution in [-0.4, -0.2) is 14.2 Å². The van der Waals surface area contributed by atoms with E-state index in [-0.39, 0.29) is 0 Å². The van der Waals surface area contributed by atoms with Gasteiger partial charge in [-0.25, -0.2) is 0 Å². The molecule has 0 N–H and O–H groups in total. The molecule has 1 aromatic rings. The monoisotopic (exact) mass is 191 g/mol. The van der Waals surface area contributed by atoms with Crippen molar-refractivity contribution in [3.05, 3.63) is 18.2 Å². The van der Waals surface area contributed by atoms with Gasteiger partial charge in [0.2, 0.25) is 6.19 Å². The lowest BCUT2D eigenvalue weighted by molar-refractivity contribution is 0.355. The molecule has 1 rings (SSSR count). The average molecular weight is 191 g/mol. The lowest BCUT2D eigenvalue weighted by atomic mass is 10.3. The molecule has 0 spiro atoms. The summed E-state index contributed by atoms with van der Waals surface area (Å²) < 4.78 is 10.1. The van der Waals surface area contributed by atoms with E-state index in [2.05, 4.69) is 10.2 Å². The van der Waals surface area contributed by atoms with E-state index in [0.717, 1.165) is 0 Å². The molecule has 1 aromatic carbocycles. The van der Waals surface area contributed by atoms with E-state index >= 15 is 0 Å². The van der Waals surface area contributed by atoms with Gasteiger partial charge in [-0.1, -0.05) is 5.11 Å². The normalized spacial score (nSPS) is 9.79. The van der Waals surface area contributed by atoms with Gasteiger partial charge >= 0.3 is 0 Å². The second kappa shape index (κ2) is 4.82. The van der Waals surface area contributed by atoms with Crippen LogP contribution in [0.5, 0.6) is 11.5 Å². The highest BCUT2D eigenvalue weighted by molar-refractivity contribution is 5.51. The number of rotatable bonds is 3. The number of benzene rings is 1. The van der Waals surface area contributed by atoms with Gasteiger partial charge in [-0.15, -0.1) is 5.11 Å². The van der Waals surface area contributed by atoms with Crippen LogP contribution in [0.2, 0.25) is 0 Å². The Balaban J connectivity index is 3.02. The molecule has 0 aromatic heterocycles. The fourth-order valence-electron chi connectivity index (χ4n) is 0.967. The number of nitrogens with zero attached hydrogens (tertiary/aromatic N) is 3. The molecule has 0 aliphatic carbocycles. The van der Waals surface area contributed by atoms with Crippen molar-refractivity contribution < 1.29 is 9.47 Å². The first-order chi connectivity index (χ1) is 6.81. The van der Waals surface area contributed by atoms with E-state index in [1.165, 1.54) is 7.11 Å². The van der Waals surface area contributed by atoms with Gasteiger partial charge in [-0.2, -0.15) is 5.26 Å². The molecule has 14 heavy (non-hydrogen) atoms. The Hall–Kier alpha value is -2.09. The van der Waals surface area contributed by atoms with Crippen molar-refractivity contribution in [1.82, 2.24) is 0 Å². The number of azo groups is 1. The summed E-state index contributed by atoms with van der Waals surface area (Å²) in [5.41, 5.74) is 0.546. The van der Waals surface area contributed by atoms with Crippen LogP contribution in [0.25, 0.3) is 0 Å². The predicted octanol–water partition coefficient (Wildman–Crippen LogP) is 2.27. The SMILES string of the molecule is COc1ccc(N=NC#N)cc1OC. The smallest absolute Gasteiger partial charge is 0.226 e. The zero-order valence-corrected chi connectivity index (χ0v) is 7.89. The van der Waals surface area contributed by atoms with E-state index in [9.17, 15) is 0 Å². The largest absolute Gasteiger partial charge is 0.493 e. The summed E-state index contributed by atoms with van der Waals surface area (Å²) >= 11 is 0. The molecule has 0 radical (unpaired) electrons. The van der Waals surface area contributed by atoms with E-state index in [4.69, 9.17) is 14.7 Å². The second-order valence-electron chi connectivity index (χ2n) is 2.34. The van der Waals surface area contributed by atoms with Crippen LogP contribution in [0.1, 0.15) is 0 Å². The van der Waals surface area contributed by atoms with E-state index < -0.39 is 0 Å². The summed E-state index contributed by atoms with van der Waals surface area (Å²) in [6.07, 6.45) is 1.57. The van der Waals surface area contributed by atoms with Crippen molar-refractivity contribution in [3.8, 4) is 17.7 Å². The number of hydrogen-bond acceptors (Lipinski definition) is 5. The number of ether oxygens (including phenoxy) is 2. The molecule has 72 valence electrons. The standard InChI is InChI=1S/C9H9N3O2/c1-13-8-4-3-7(12-11-6-10)5-9(8)14-2/h3-5H,1-2H3. The Morgan fingerprint density at radius 2 is 1.93 bits per heavy atom. The molecule has 5 heteroatoms. The summed E-state index contributed by atoms with van der Waals surface area (Å²) in [5, 5.41) is 15.0. The third-order valence-electron chi connectivity index (χ3n) is 1.58. The zero-order valence-electron chi connectivity index (χ0n) is 7.89. The molecule has 0 unspecified atom stereocenters. The third-order valence-corrected chi connectivity index (χ3v) is 1.58. The summed E-state index contributed by atoms with van der Waals surface area (Å²) in [6, 6.07) is 5.02. The Bertz CT molecular complexity index is 382. The highest BCUT2D eigenvalue weighted by atomic mass is 16.5. The molecule has 0 saturated carbocycles. The van der Waals surface area contributed by atoms with Gasteiger partial charge in [-0.3, -0.25) is 0 Å². The molecular formula is C9H9N3O2. The summed E-state index contributed by atoms with van der Waals surface area (Å²) in [7, 11) is 3.08. The average Bonchev–Trinajstić information content (AvgIpc) is 2.25. The topological polar surface area (TPSA) is 67.0 Å². The fourth-order valence-corrected chi connectivity index (χ4v) is 0.967. The van der Waals surface area contributed by atoms with E-state index in [1.807, 2.05) is 0 Å². The van der Waals surface area contributed by atoms with E-state index in [1.54, 1.807) is 31.5 Å². The van der Waals surface area contributed by atoms with Gasteiger partial charge in [-0.05, 0) is 12.1 Å². The zero-order chi connectivity index (χ0) is 10.4. The minimum absolute atomic E-state index is 0.546. The molecule has 0 saturated heterocycles. The van der Waals surface area contributed by atoms with Crippen molar-refractivity contribution in [2.24, 2.45) is 10.2 Å². The number of methoxy groups -OCH3 is 2. The Labute approximate surface area is 81.6 Å². The molecule has 5 nitrogen and oxygen atoms in total. The Kier molecular flexibility index (Phi) is 3.44. The van der Waals surface area contributed by atoms with Crippen LogP contribution in [0, 0.1) is 11.5 Å². The maximum absolute atomic E-state index is 8.19. The Morgan fingerprint density at radius 1 is 1.21 bits per heavy atom. The summed E-state index contributed by atoms with van der Waals surface area (Å²) in [6.45, 7) is 0. The molecule has 0 atom stereocenters. The first kappa shape index (κ1) is 9.99. The maximum Gasteiger partial charge on any atom is 0.226 e. The molecule has 0 bridgehead atoms.